The van der Waals surface area contributed by atoms with Gasteiger partial charge in [0.1, 0.15) is 0 Å². The second-order valence-electron chi connectivity index (χ2n) is 4.39. The van der Waals surface area contributed by atoms with Crippen LogP contribution in [0.25, 0.3) is 0 Å². The van der Waals surface area contributed by atoms with E-state index in [0.717, 1.165) is 51.6 Å². The van der Waals surface area contributed by atoms with E-state index in [0.29, 0.717) is 6.61 Å². The van der Waals surface area contributed by atoms with Crippen molar-refractivity contribution in [1.82, 2.24) is 25.2 Å². The molecule has 0 radical (unpaired) electrons. The van der Waals surface area contributed by atoms with Crippen LogP contribution in [-0.2, 0) is 17.8 Å². The highest BCUT2D eigenvalue weighted by molar-refractivity contribution is 4.91. The number of nitrogens with zero attached hydrogens (tertiary/aromatic N) is 4. The molecule has 0 aliphatic rings. The molecule has 1 N–H and O–H groups in total. The lowest BCUT2D eigenvalue weighted by molar-refractivity contribution is 0.0988. The lowest BCUT2D eigenvalue weighted by atomic mass is 10.4. The van der Waals surface area contributed by atoms with Crippen molar-refractivity contribution in [1.29, 1.82) is 0 Å². The van der Waals surface area contributed by atoms with Crippen LogP contribution in [0.3, 0.4) is 0 Å². The Balaban J connectivity index is 2.10. The predicted octanol–water partition coefficient (Wildman–Crippen LogP) is 0.746. The molecule has 0 spiro atoms. The van der Waals surface area contributed by atoms with Gasteiger partial charge in [0, 0.05) is 19.3 Å². The number of hydrogen-bond acceptors (Lipinski definition) is 5. The summed E-state index contributed by atoms with van der Waals surface area (Å²) in [5.41, 5.74) is 0.977. The third-order valence-electron chi connectivity index (χ3n) is 3.05. The van der Waals surface area contributed by atoms with Crippen LogP contribution in [0.4, 0.5) is 0 Å². The highest BCUT2D eigenvalue weighted by Gasteiger charge is 2.01. The fourth-order valence-electron chi connectivity index (χ4n) is 1.78. The van der Waals surface area contributed by atoms with Gasteiger partial charge in [-0.2, -0.15) is 0 Å². The molecule has 0 aliphatic heterocycles. The summed E-state index contributed by atoms with van der Waals surface area (Å²) >= 11 is 0. The number of aromatic nitrogens is 3. The lowest BCUT2D eigenvalue weighted by Crippen LogP contribution is -2.27. The van der Waals surface area contributed by atoms with E-state index < -0.39 is 0 Å². The third-order valence-corrected chi connectivity index (χ3v) is 3.05. The van der Waals surface area contributed by atoms with Crippen molar-refractivity contribution >= 4 is 0 Å². The van der Waals surface area contributed by atoms with Crippen molar-refractivity contribution in [3.05, 3.63) is 11.9 Å². The molecule has 0 aliphatic carbocycles. The Morgan fingerprint density at radius 1 is 1.26 bits per heavy atom. The van der Waals surface area contributed by atoms with Crippen LogP contribution in [0.2, 0.25) is 0 Å². The Kier molecular flexibility index (Phi) is 8.36. The first-order valence-corrected chi connectivity index (χ1v) is 7.19. The zero-order valence-corrected chi connectivity index (χ0v) is 12.4. The average molecular weight is 269 g/mol. The van der Waals surface area contributed by atoms with Crippen molar-refractivity contribution < 1.29 is 4.74 Å². The Morgan fingerprint density at radius 2 is 2.05 bits per heavy atom. The Bertz CT molecular complexity index is 325. The van der Waals surface area contributed by atoms with E-state index in [9.17, 15) is 0 Å². The molecule has 0 aromatic carbocycles. The molecule has 6 heteroatoms. The molecule has 0 unspecified atom stereocenters. The van der Waals surface area contributed by atoms with Crippen LogP contribution in [-0.4, -0.2) is 59.3 Å². The first-order valence-electron chi connectivity index (χ1n) is 7.19. The molecule has 0 atom stereocenters. The van der Waals surface area contributed by atoms with Gasteiger partial charge in [-0.1, -0.05) is 26.0 Å². The molecule has 1 heterocycles. The van der Waals surface area contributed by atoms with Crippen LogP contribution in [0.15, 0.2) is 6.20 Å². The smallest absolute Gasteiger partial charge is 0.0964 e. The van der Waals surface area contributed by atoms with E-state index in [2.05, 4.69) is 41.3 Å². The van der Waals surface area contributed by atoms with Gasteiger partial charge in [-0.25, -0.2) is 4.68 Å². The number of likely N-dealkylation sites (N-methyl/N-ethyl adjacent to an activating group) is 1. The number of ether oxygens (including phenoxy) is 1. The standard InChI is InChI=1S/C13H27N5O/c1-4-14-11-13-12-18(16-15-13)8-10-19-9-7-17(5-2)6-3/h12,14H,4-11H2,1-3H3. The minimum atomic E-state index is 0.686. The molecule has 19 heavy (non-hydrogen) atoms. The normalized spacial score (nSPS) is 11.4. The summed E-state index contributed by atoms with van der Waals surface area (Å²) in [6, 6.07) is 0. The highest BCUT2D eigenvalue weighted by atomic mass is 16.5. The Hall–Kier alpha value is -0.980. The number of nitrogens with one attached hydrogen (secondary N) is 1. The van der Waals surface area contributed by atoms with E-state index in [-0.39, 0.29) is 0 Å². The molecule has 0 amide bonds. The lowest BCUT2D eigenvalue weighted by Gasteiger charge is -2.17. The van der Waals surface area contributed by atoms with E-state index >= 15 is 0 Å². The maximum Gasteiger partial charge on any atom is 0.0964 e. The van der Waals surface area contributed by atoms with Crippen molar-refractivity contribution in [2.24, 2.45) is 0 Å². The molecule has 110 valence electrons. The molecule has 0 fully saturated rings. The summed E-state index contributed by atoms with van der Waals surface area (Å²) in [6.07, 6.45) is 1.97. The second kappa shape index (κ2) is 9.89. The van der Waals surface area contributed by atoms with Crippen LogP contribution >= 0.6 is 0 Å². The quantitative estimate of drug-likeness (QED) is 0.601. The minimum absolute atomic E-state index is 0.686. The zero-order chi connectivity index (χ0) is 13.9. The van der Waals surface area contributed by atoms with Crippen LogP contribution < -0.4 is 5.32 Å². The maximum absolute atomic E-state index is 5.62. The van der Waals surface area contributed by atoms with Crippen molar-refractivity contribution in [3.63, 3.8) is 0 Å². The number of hydrogen-bond donors (Lipinski definition) is 1. The van der Waals surface area contributed by atoms with Gasteiger partial charge in [0.15, 0.2) is 0 Å². The van der Waals surface area contributed by atoms with E-state index in [1.54, 1.807) is 0 Å². The SMILES string of the molecule is CCNCc1cn(CCOCCN(CC)CC)nn1. The van der Waals surface area contributed by atoms with Gasteiger partial charge in [-0.15, -0.1) is 5.10 Å². The summed E-state index contributed by atoms with van der Waals surface area (Å²) in [6.45, 7) is 13.5. The molecule has 6 nitrogen and oxygen atoms in total. The van der Waals surface area contributed by atoms with Gasteiger partial charge in [0.05, 0.1) is 25.5 Å². The molecule has 0 bridgehead atoms. The van der Waals surface area contributed by atoms with E-state index in [4.69, 9.17) is 4.74 Å². The fourth-order valence-corrected chi connectivity index (χ4v) is 1.78. The van der Waals surface area contributed by atoms with Gasteiger partial charge >= 0.3 is 0 Å². The van der Waals surface area contributed by atoms with Crippen LogP contribution in [0.1, 0.15) is 26.5 Å². The topological polar surface area (TPSA) is 55.2 Å². The summed E-state index contributed by atoms with van der Waals surface area (Å²) in [4.78, 5) is 2.35. The first-order chi connectivity index (χ1) is 9.30. The molecule has 0 saturated carbocycles. The van der Waals surface area contributed by atoms with Gasteiger partial charge in [0.25, 0.3) is 0 Å². The van der Waals surface area contributed by atoms with Gasteiger partial charge in [-0.05, 0) is 19.6 Å². The Morgan fingerprint density at radius 3 is 2.74 bits per heavy atom. The molecular weight excluding hydrogens is 242 g/mol. The summed E-state index contributed by atoms with van der Waals surface area (Å²) < 4.78 is 7.45. The fraction of sp³-hybridized carbons (Fsp3) is 0.846. The summed E-state index contributed by atoms with van der Waals surface area (Å²) in [5.74, 6) is 0. The monoisotopic (exact) mass is 269 g/mol. The molecule has 0 saturated heterocycles. The largest absolute Gasteiger partial charge is 0.378 e. The minimum Gasteiger partial charge on any atom is -0.378 e. The third kappa shape index (κ3) is 6.66. The summed E-state index contributed by atoms with van der Waals surface area (Å²) in [5, 5.41) is 11.4. The number of rotatable bonds is 11. The molecule has 1 rings (SSSR count). The van der Waals surface area contributed by atoms with Crippen LogP contribution in [0, 0.1) is 0 Å². The average Bonchev–Trinajstić information content (AvgIpc) is 2.88. The highest BCUT2D eigenvalue weighted by Crippen LogP contribution is 1.93. The molecule has 1 aromatic rings. The van der Waals surface area contributed by atoms with Crippen molar-refractivity contribution in [2.75, 3.05) is 39.4 Å². The van der Waals surface area contributed by atoms with Gasteiger partial charge in [0.2, 0.25) is 0 Å². The van der Waals surface area contributed by atoms with E-state index in [1.165, 1.54) is 0 Å². The second-order valence-corrected chi connectivity index (χ2v) is 4.39. The van der Waals surface area contributed by atoms with Crippen LogP contribution in [0.5, 0.6) is 0 Å². The maximum atomic E-state index is 5.62. The Labute approximate surface area is 116 Å². The molecular formula is C13H27N5O. The van der Waals surface area contributed by atoms with E-state index in [1.807, 2.05) is 10.9 Å². The van der Waals surface area contributed by atoms with Crippen molar-refractivity contribution in [2.45, 2.75) is 33.9 Å². The summed E-state index contributed by atoms with van der Waals surface area (Å²) in [7, 11) is 0. The van der Waals surface area contributed by atoms with Gasteiger partial charge < -0.3 is 15.0 Å². The zero-order valence-electron chi connectivity index (χ0n) is 12.4. The first kappa shape index (κ1) is 16.1. The van der Waals surface area contributed by atoms with Crippen molar-refractivity contribution in [3.8, 4) is 0 Å². The molecule has 1 aromatic heterocycles. The predicted molar refractivity (Wildman–Crippen MR) is 76.0 cm³/mol. The van der Waals surface area contributed by atoms with Gasteiger partial charge in [-0.3, -0.25) is 0 Å².